The lowest BCUT2D eigenvalue weighted by Gasteiger charge is -1.91. The Kier molecular flexibility index (Phi) is 2.05. The number of rotatable bonds is 3. The van der Waals surface area contributed by atoms with E-state index >= 15 is 0 Å². The standard InChI is InChI=1S/C6H15N3/c1-2-3-4-5(7)6(4)9-8/h4-6,9H,2-3,7-8H2,1H3/t4-,5+,6?/m0/s1. The van der Waals surface area contributed by atoms with E-state index in [0.29, 0.717) is 18.0 Å². The molecule has 3 heteroatoms. The number of hydrogen-bond donors (Lipinski definition) is 3. The van der Waals surface area contributed by atoms with Gasteiger partial charge in [0.1, 0.15) is 0 Å². The number of hydrogen-bond acceptors (Lipinski definition) is 3. The van der Waals surface area contributed by atoms with Gasteiger partial charge in [-0.15, -0.1) is 0 Å². The monoisotopic (exact) mass is 129 g/mol. The van der Waals surface area contributed by atoms with Gasteiger partial charge < -0.3 is 5.73 Å². The van der Waals surface area contributed by atoms with Crippen molar-refractivity contribution in [3.05, 3.63) is 0 Å². The molecule has 1 rings (SSSR count). The van der Waals surface area contributed by atoms with Crippen LogP contribution in [0.25, 0.3) is 0 Å². The van der Waals surface area contributed by atoms with Gasteiger partial charge >= 0.3 is 0 Å². The van der Waals surface area contributed by atoms with Crippen LogP contribution >= 0.6 is 0 Å². The summed E-state index contributed by atoms with van der Waals surface area (Å²) in [4.78, 5) is 0. The summed E-state index contributed by atoms with van der Waals surface area (Å²) in [5.74, 6) is 5.85. The predicted octanol–water partition coefficient (Wildman–Crippen LogP) is -0.424. The molecule has 0 aliphatic heterocycles. The number of hydrazine groups is 1. The van der Waals surface area contributed by atoms with Gasteiger partial charge in [-0.3, -0.25) is 11.3 Å². The van der Waals surface area contributed by atoms with Crippen molar-refractivity contribution in [2.75, 3.05) is 0 Å². The molecule has 3 atom stereocenters. The maximum absolute atomic E-state index is 5.66. The van der Waals surface area contributed by atoms with Crippen molar-refractivity contribution >= 4 is 0 Å². The first kappa shape index (κ1) is 6.99. The smallest absolute Gasteiger partial charge is 0.0408 e. The highest BCUT2D eigenvalue weighted by atomic mass is 15.3. The van der Waals surface area contributed by atoms with E-state index in [1.165, 1.54) is 12.8 Å². The van der Waals surface area contributed by atoms with Crippen LogP contribution in [0.1, 0.15) is 19.8 Å². The summed E-state index contributed by atoms with van der Waals surface area (Å²) in [5, 5.41) is 0. The van der Waals surface area contributed by atoms with Crippen LogP contribution in [0.5, 0.6) is 0 Å². The lowest BCUT2D eigenvalue weighted by Crippen LogP contribution is -2.29. The molecule has 54 valence electrons. The van der Waals surface area contributed by atoms with Gasteiger partial charge in [0.15, 0.2) is 0 Å². The topological polar surface area (TPSA) is 64.1 Å². The molecular formula is C6H15N3. The molecule has 5 N–H and O–H groups in total. The van der Waals surface area contributed by atoms with Crippen molar-refractivity contribution in [2.45, 2.75) is 31.8 Å². The molecule has 1 aliphatic rings. The van der Waals surface area contributed by atoms with Gasteiger partial charge in [-0.1, -0.05) is 13.3 Å². The maximum Gasteiger partial charge on any atom is 0.0408 e. The first-order valence-corrected chi connectivity index (χ1v) is 3.53. The van der Waals surface area contributed by atoms with E-state index in [9.17, 15) is 0 Å². The Hall–Kier alpha value is -0.120. The SMILES string of the molecule is CCC[C@@H]1C(NN)[C@@H]1N. The van der Waals surface area contributed by atoms with Gasteiger partial charge in [0.2, 0.25) is 0 Å². The first-order chi connectivity index (χ1) is 4.31. The van der Waals surface area contributed by atoms with Crippen LogP contribution in [-0.2, 0) is 0 Å². The van der Waals surface area contributed by atoms with Crippen LogP contribution in [0, 0.1) is 5.92 Å². The fourth-order valence-corrected chi connectivity index (χ4v) is 1.34. The molecule has 0 heterocycles. The van der Waals surface area contributed by atoms with Crippen molar-refractivity contribution in [2.24, 2.45) is 17.5 Å². The summed E-state index contributed by atoms with van der Waals surface area (Å²) in [5.41, 5.74) is 8.36. The number of nitrogens with one attached hydrogen (secondary N) is 1. The van der Waals surface area contributed by atoms with Crippen molar-refractivity contribution in [1.29, 1.82) is 0 Å². The summed E-state index contributed by atoms with van der Waals surface area (Å²) < 4.78 is 0. The minimum Gasteiger partial charge on any atom is -0.326 e. The second-order valence-electron chi connectivity index (χ2n) is 2.72. The summed E-state index contributed by atoms with van der Waals surface area (Å²) in [6.45, 7) is 2.17. The molecule has 0 aromatic carbocycles. The van der Waals surface area contributed by atoms with Crippen molar-refractivity contribution in [3.8, 4) is 0 Å². The molecular weight excluding hydrogens is 114 g/mol. The van der Waals surface area contributed by atoms with Crippen LogP contribution in [0.15, 0.2) is 0 Å². The Morgan fingerprint density at radius 3 is 2.56 bits per heavy atom. The average molecular weight is 129 g/mol. The highest BCUT2D eigenvalue weighted by molar-refractivity contribution is 5.05. The van der Waals surface area contributed by atoms with E-state index in [0.717, 1.165) is 0 Å². The Balaban J connectivity index is 2.17. The molecule has 0 saturated heterocycles. The molecule has 0 radical (unpaired) electrons. The van der Waals surface area contributed by atoms with E-state index < -0.39 is 0 Å². The molecule has 1 aliphatic carbocycles. The molecule has 1 unspecified atom stereocenters. The zero-order valence-corrected chi connectivity index (χ0v) is 5.80. The minimum absolute atomic E-state index is 0.315. The summed E-state index contributed by atoms with van der Waals surface area (Å²) in [6.07, 6.45) is 2.41. The molecule has 0 aromatic heterocycles. The predicted molar refractivity (Wildman–Crippen MR) is 37.5 cm³/mol. The minimum atomic E-state index is 0.315. The zero-order chi connectivity index (χ0) is 6.85. The zero-order valence-electron chi connectivity index (χ0n) is 5.80. The third kappa shape index (κ3) is 1.23. The summed E-state index contributed by atoms with van der Waals surface area (Å²) >= 11 is 0. The molecule has 3 nitrogen and oxygen atoms in total. The van der Waals surface area contributed by atoms with E-state index in [2.05, 4.69) is 12.3 Å². The van der Waals surface area contributed by atoms with Crippen LogP contribution in [0.4, 0.5) is 0 Å². The molecule has 0 spiro atoms. The molecule has 1 saturated carbocycles. The van der Waals surface area contributed by atoms with Gasteiger partial charge in [0.05, 0.1) is 0 Å². The lowest BCUT2D eigenvalue weighted by molar-refractivity contribution is 0.617. The van der Waals surface area contributed by atoms with Crippen LogP contribution < -0.4 is 17.0 Å². The van der Waals surface area contributed by atoms with Crippen LogP contribution in [0.3, 0.4) is 0 Å². The fourth-order valence-electron chi connectivity index (χ4n) is 1.34. The van der Waals surface area contributed by atoms with Gasteiger partial charge in [-0.25, -0.2) is 0 Å². The highest BCUT2D eigenvalue weighted by Crippen LogP contribution is 2.32. The number of nitrogens with two attached hydrogens (primary N) is 2. The normalized spacial score (nSPS) is 41.0. The van der Waals surface area contributed by atoms with E-state index in [4.69, 9.17) is 11.6 Å². The van der Waals surface area contributed by atoms with Crippen molar-refractivity contribution in [1.82, 2.24) is 5.43 Å². The largest absolute Gasteiger partial charge is 0.326 e. The summed E-state index contributed by atoms with van der Waals surface area (Å²) in [7, 11) is 0. The van der Waals surface area contributed by atoms with E-state index in [1.54, 1.807) is 0 Å². The Morgan fingerprint density at radius 1 is 1.56 bits per heavy atom. The third-order valence-electron chi connectivity index (χ3n) is 2.04. The maximum atomic E-state index is 5.66. The second kappa shape index (κ2) is 2.64. The van der Waals surface area contributed by atoms with Gasteiger partial charge in [-0.2, -0.15) is 0 Å². The van der Waals surface area contributed by atoms with Gasteiger partial charge in [-0.05, 0) is 12.3 Å². The van der Waals surface area contributed by atoms with Crippen LogP contribution in [-0.4, -0.2) is 12.1 Å². The Labute approximate surface area is 55.8 Å². The lowest BCUT2D eigenvalue weighted by atomic mass is 10.2. The average Bonchev–Trinajstić information content (AvgIpc) is 2.44. The van der Waals surface area contributed by atoms with E-state index in [1.807, 2.05) is 0 Å². The highest BCUT2D eigenvalue weighted by Gasteiger charge is 2.45. The quantitative estimate of drug-likeness (QED) is 0.358. The molecule has 0 bridgehead atoms. The van der Waals surface area contributed by atoms with E-state index in [-0.39, 0.29) is 0 Å². The first-order valence-electron chi connectivity index (χ1n) is 3.53. The van der Waals surface area contributed by atoms with Crippen molar-refractivity contribution < 1.29 is 0 Å². The van der Waals surface area contributed by atoms with Crippen LogP contribution in [0.2, 0.25) is 0 Å². The second-order valence-corrected chi connectivity index (χ2v) is 2.72. The molecule has 1 fully saturated rings. The van der Waals surface area contributed by atoms with Gasteiger partial charge in [0, 0.05) is 12.1 Å². The van der Waals surface area contributed by atoms with Crippen molar-refractivity contribution in [3.63, 3.8) is 0 Å². The summed E-state index contributed by atoms with van der Waals surface area (Å²) in [6, 6.07) is 0.708. The Bertz CT molecular complexity index is 94.3. The molecule has 0 aromatic rings. The third-order valence-corrected chi connectivity index (χ3v) is 2.04. The fraction of sp³-hybridized carbons (Fsp3) is 1.00. The van der Waals surface area contributed by atoms with Gasteiger partial charge in [0.25, 0.3) is 0 Å². The molecule has 0 amide bonds. The molecule has 9 heavy (non-hydrogen) atoms. The Morgan fingerprint density at radius 2 is 2.22 bits per heavy atom.